The van der Waals surface area contributed by atoms with E-state index in [1.54, 1.807) is 0 Å². The summed E-state index contributed by atoms with van der Waals surface area (Å²) in [7, 11) is 4.18. The summed E-state index contributed by atoms with van der Waals surface area (Å²) in [6, 6.07) is 6.34. The molecule has 0 spiro atoms. The van der Waals surface area contributed by atoms with Gasteiger partial charge in [-0.3, -0.25) is 4.79 Å². The van der Waals surface area contributed by atoms with Gasteiger partial charge in [-0.1, -0.05) is 13.0 Å². The van der Waals surface area contributed by atoms with Crippen LogP contribution in [0.5, 0.6) is 0 Å². The molecule has 0 bridgehead atoms. The number of likely N-dealkylation sites (N-methyl/N-ethyl adjacent to an activating group) is 1. The maximum atomic E-state index is 12.9. The van der Waals surface area contributed by atoms with Crippen LogP contribution in [0.4, 0.5) is 11.4 Å². The number of likely N-dealkylation sites (tertiary alicyclic amines) is 1. The summed E-state index contributed by atoms with van der Waals surface area (Å²) in [6.07, 6.45) is 0. The number of fused-ring (bicyclic) bond motifs is 1. The van der Waals surface area contributed by atoms with E-state index in [9.17, 15) is 4.79 Å². The van der Waals surface area contributed by atoms with Gasteiger partial charge >= 0.3 is 0 Å². The van der Waals surface area contributed by atoms with Crippen LogP contribution in [0.1, 0.15) is 17.3 Å². The average Bonchev–Trinajstić information content (AvgIpc) is 2.88. The number of hydrogen-bond acceptors (Lipinski definition) is 4. The molecule has 2 unspecified atom stereocenters. The Morgan fingerprint density at radius 2 is 2.00 bits per heavy atom. The Bertz CT molecular complexity index is 543. The van der Waals surface area contributed by atoms with Crippen molar-refractivity contribution >= 4 is 17.3 Å². The molecule has 0 aliphatic carbocycles. The van der Waals surface area contributed by atoms with Gasteiger partial charge in [-0.15, -0.1) is 0 Å². The van der Waals surface area contributed by atoms with Gasteiger partial charge in [-0.25, -0.2) is 0 Å². The lowest BCUT2D eigenvalue weighted by Gasteiger charge is -2.25. The third kappa shape index (κ3) is 2.58. The Hall–Kier alpha value is -1.75. The highest BCUT2D eigenvalue weighted by Crippen LogP contribution is 2.31. The number of hydrogen-bond donors (Lipinski definition) is 2. The Labute approximate surface area is 126 Å². The minimum atomic E-state index is 0.138. The number of nitrogens with one attached hydrogen (secondary N) is 2. The molecule has 2 heterocycles. The molecule has 1 saturated heterocycles. The zero-order valence-electron chi connectivity index (χ0n) is 13.0. The number of amides is 1. The lowest BCUT2D eigenvalue weighted by molar-refractivity contribution is 0.0782. The molecule has 2 aliphatic heterocycles. The predicted octanol–water partition coefficient (Wildman–Crippen LogP) is 1.55. The normalized spacial score (nSPS) is 24.5. The predicted molar refractivity (Wildman–Crippen MR) is 86.0 cm³/mol. The van der Waals surface area contributed by atoms with E-state index < -0.39 is 0 Å². The van der Waals surface area contributed by atoms with Crippen LogP contribution in [-0.2, 0) is 0 Å². The molecule has 1 aromatic carbocycles. The maximum absolute atomic E-state index is 12.9. The van der Waals surface area contributed by atoms with Crippen molar-refractivity contribution in [3.8, 4) is 0 Å². The lowest BCUT2D eigenvalue weighted by atomic mass is 10.1. The fraction of sp³-hybridized carbons (Fsp3) is 0.562. The van der Waals surface area contributed by atoms with Crippen molar-refractivity contribution < 1.29 is 4.79 Å². The number of benzene rings is 1. The number of para-hydroxylation sites is 1. The monoisotopic (exact) mass is 288 g/mol. The van der Waals surface area contributed by atoms with Crippen molar-refractivity contribution in [3.05, 3.63) is 23.8 Å². The van der Waals surface area contributed by atoms with Crippen molar-refractivity contribution in [2.24, 2.45) is 5.92 Å². The lowest BCUT2D eigenvalue weighted by Crippen LogP contribution is -2.36. The van der Waals surface area contributed by atoms with E-state index in [1.165, 1.54) is 0 Å². The zero-order chi connectivity index (χ0) is 15.0. The number of rotatable bonds is 2. The molecule has 2 aliphatic rings. The molecule has 2 atom stereocenters. The van der Waals surface area contributed by atoms with Crippen LogP contribution >= 0.6 is 0 Å². The molecule has 1 aromatic rings. The van der Waals surface area contributed by atoms with Crippen LogP contribution in [0.15, 0.2) is 18.2 Å². The molecule has 0 saturated carbocycles. The van der Waals surface area contributed by atoms with Crippen LogP contribution in [-0.4, -0.2) is 62.0 Å². The van der Waals surface area contributed by atoms with Crippen molar-refractivity contribution in [2.45, 2.75) is 13.0 Å². The number of carbonyl (C=O) groups is 1. The summed E-state index contributed by atoms with van der Waals surface area (Å²) in [5.41, 5.74) is 2.77. The molecule has 5 heteroatoms. The van der Waals surface area contributed by atoms with E-state index in [-0.39, 0.29) is 5.91 Å². The van der Waals surface area contributed by atoms with Crippen molar-refractivity contribution in [2.75, 3.05) is 50.9 Å². The van der Waals surface area contributed by atoms with E-state index in [1.807, 2.05) is 23.1 Å². The van der Waals surface area contributed by atoms with Gasteiger partial charge in [0.25, 0.3) is 5.91 Å². The third-order valence-corrected chi connectivity index (χ3v) is 4.56. The van der Waals surface area contributed by atoms with Crippen molar-refractivity contribution in [3.63, 3.8) is 0 Å². The van der Waals surface area contributed by atoms with Gasteiger partial charge in [0, 0.05) is 32.2 Å². The minimum Gasteiger partial charge on any atom is -0.382 e. The second kappa shape index (κ2) is 5.56. The Morgan fingerprint density at radius 1 is 1.24 bits per heavy atom. The molecular formula is C16H24N4O. The highest BCUT2D eigenvalue weighted by atomic mass is 16.2. The van der Waals surface area contributed by atoms with Crippen LogP contribution in [0.25, 0.3) is 0 Å². The summed E-state index contributed by atoms with van der Waals surface area (Å²) in [5.74, 6) is 0.647. The second-order valence-electron chi connectivity index (χ2n) is 6.30. The highest BCUT2D eigenvalue weighted by Gasteiger charge is 2.34. The first-order valence-corrected chi connectivity index (χ1v) is 7.64. The van der Waals surface area contributed by atoms with Gasteiger partial charge < -0.3 is 20.4 Å². The standard InChI is InChI=1S/C16H24N4O/c1-11-9-20(10-14(11)19(2)3)16(21)12-5-4-6-13-15(12)18-8-7-17-13/h4-6,11,14,17-18H,7-10H2,1-3H3. The summed E-state index contributed by atoms with van der Waals surface area (Å²) in [6.45, 7) is 5.61. The molecule has 5 nitrogen and oxygen atoms in total. The largest absolute Gasteiger partial charge is 0.382 e. The number of carbonyl (C=O) groups excluding carboxylic acids is 1. The summed E-state index contributed by atoms with van der Waals surface area (Å²) < 4.78 is 0. The quantitative estimate of drug-likeness (QED) is 0.867. The van der Waals surface area contributed by atoms with E-state index in [4.69, 9.17) is 0 Å². The van der Waals surface area contributed by atoms with Crippen molar-refractivity contribution in [1.82, 2.24) is 9.80 Å². The molecule has 0 aromatic heterocycles. The van der Waals surface area contributed by atoms with Crippen LogP contribution in [0.2, 0.25) is 0 Å². The summed E-state index contributed by atoms with van der Waals surface area (Å²) >= 11 is 0. The molecular weight excluding hydrogens is 264 g/mol. The first-order valence-electron chi connectivity index (χ1n) is 7.64. The molecule has 1 amide bonds. The molecule has 21 heavy (non-hydrogen) atoms. The smallest absolute Gasteiger partial charge is 0.256 e. The van der Waals surface area contributed by atoms with Gasteiger partial charge in [-0.2, -0.15) is 0 Å². The third-order valence-electron chi connectivity index (χ3n) is 4.56. The van der Waals surface area contributed by atoms with Gasteiger partial charge in [-0.05, 0) is 32.1 Å². The second-order valence-corrected chi connectivity index (χ2v) is 6.30. The van der Waals surface area contributed by atoms with Gasteiger partial charge in [0.15, 0.2) is 0 Å². The summed E-state index contributed by atoms with van der Waals surface area (Å²) in [4.78, 5) is 17.1. The summed E-state index contributed by atoms with van der Waals surface area (Å²) in [5, 5.41) is 6.70. The van der Waals surface area contributed by atoms with Crippen molar-refractivity contribution in [1.29, 1.82) is 0 Å². The fourth-order valence-corrected chi connectivity index (χ4v) is 3.41. The zero-order valence-corrected chi connectivity index (χ0v) is 13.0. The molecule has 0 radical (unpaired) electrons. The van der Waals surface area contributed by atoms with Gasteiger partial charge in [0.05, 0.1) is 16.9 Å². The molecule has 114 valence electrons. The average molecular weight is 288 g/mol. The Kier molecular flexibility index (Phi) is 3.76. The maximum Gasteiger partial charge on any atom is 0.256 e. The van der Waals surface area contributed by atoms with E-state index in [0.717, 1.165) is 43.1 Å². The SMILES string of the molecule is CC1CN(C(=O)c2cccc3c2NCCN3)CC1N(C)C. The topological polar surface area (TPSA) is 47.6 Å². The molecule has 3 rings (SSSR count). The minimum absolute atomic E-state index is 0.138. The Balaban J connectivity index is 1.83. The van der Waals surface area contributed by atoms with E-state index in [2.05, 4.69) is 36.6 Å². The first-order chi connectivity index (χ1) is 10.1. The van der Waals surface area contributed by atoms with Crippen LogP contribution < -0.4 is 10.6 Å². The van der Waals surface area contributed by atoms with Crippen LogP contribution in [0.3, 0.4) is 0 Å². The highest BCUT2D eigenvalue weighted by molar-refractivity contribution is 6.03. The van der Waals surface area contributed by atoms with Gasteiger partial charge in [0.2, 0.25) is 0 Å². The van der Waals surface area contributed by atoms with Crippen LogP contribution in [0, 0.1) is 5.92 Å². The first kappa shape index (κ1) is 14.2. The fourth-order valence-electron chi connectivity index (χ4n) is 3.41. The number of nitrogens with zero attached hydrogens (tertiary/aromatic N) is 2. The van der Waals surface area contributed by atoms with E-state index >= 15 is 0 Å². The number of anilines is 2. The Morgan fingerprint density at radius 3 is 2.71 bits per heavy atom. The molecule has 1 fully saturated rings. The van der Waals surface area contributed by atoms with Gasteiger partial charge in [0.1, 0.15) is 0 Å². The molecule has 2 N–H and O–H groups in total. The van der Waals surface area contributed by atoms with E-state index in [0.29, 0.717) is 12.0 Å².